The molecule has 0 spiro atoms. The lowest BCUT2D eigenvalue weighted by Gasteiger charge is -2.30. The van der Waals surface area contributed by atoms with Gasteiger partial charge < -0.3 is 15.0 Å². The molecule has 78 valence electrons. The van der Waals surface area contributed by atoms with Crippen molar-refractivity contribution in [2.75, 3.05) is 33.8 Å². The minimum atomic E-state index is 0.333. The Hall–Kier alpha value is -0.120. The van der Waals surface area contributed by atoms with Gasteiger partial charge in [0.05, 0.1) is 6.10 Å². The number of ether oxygens (including phenoxy) is 1. The Morgan fingerprint density at radius 3 is 2.62 bits per heavy atom. The average Bonchev–Trinajstić information content (AvgIpc) is 2.16. The van der Waals surface area contributed by atoms with Crippen molar-refractivity contribution in [2.24, 2.45) is 0 Å². The van der Waals surface area contributed by atoms with E-state index >= 15 is 0 Å². The van der Waals surface area contributed by atoms with Crippen molar-refractivity contribution in [3.8, 4) is 0 Å². The van der Waals surface area contributed by atoms with Crippen LogP contribution in [0.4, 0.5) is 0 Å². The van der Waals surface area contributed by atoms with Gasteiger partial charge >= 0.3 is 0 Å². The highest BCUT2D eigenvalue weighted by Crippen LogP contribution is 2.07. The molecule has 1 fully saturated rings. The lowest BCUT2D eigenvalue weighted by molar-refractivity contribution is 0.110. The fourth-order valence-electron chi connectivity index (χ4n) is 1.63. The molecule has 3 nitrogen and oxygen atoms in total. The number of likely N-dealkylation sites (tertiary alicyclic amines) is 1. The van der Waals surface area contributed by atoms with Crippen molar-refractivity contribution in [1.29, 1.82) is 0 Å². The molecule has 1 aliphatic rings. The monoisotopic (exact) mass is 186 g/mol. The van der Waals surface area contributed by atoms with Gasteiger partial charge in [0.15, 0.2) is 0 Å². The Morgan fingerprint density at radius 1 is 1.46 bits per heavy atom. The number of methoxy groups -OCH3 is 1. The van der Waals surface area contributed by atoms with Crippen LogP contribution in [0, 0.1) is 0 Å². The van der Waals surface area contributed by atoms with Crippen molar-refractivity contribution in [2.45, 2.75) is 31.9 Å². The van der Waals surface area contributed by atoms with Gasteiger partial charge in [0.2, 0.25) is 0 Å². The molecule has 1 unspecified atom stereocenters. The van der Waals surface area contributed by atoms with Crippen LogP contribution in [0.1, 0.15) is 19.8 Å². The first-order valence-electron chi connectivity index (χ1n) is 5.17. The molecule has 1 aliphatic heterocycles. The van der Waals surface area contributed by atoms with Gasteiger partial charge in [0, 0.05) is 19.7 Å². The maximum atomic E-state index is 5.19. The fourth-order valence-corrected chi connectivity index (χ4v) is 1.63. The Labute approximate surface area is 81.4 Å². The summed E-state index contributed by atoms with van der Waals surface area (Å²) in [5, 5.41) is 3.54. The van der Waals surface area contributed by atoms with E-state index in [2.05, 4.69) is 24.2 Å². The lowest BCUT2D eigenvalue weighted by atomic mass is 10.1. The lowest BCUT2D eigenvalue weighted by Crippen LogP contribution is -2.43. The summed E-state index contributed by atoms with van der Waals surface area (Å²) >= 11 is 0. The molecule has 0 saturated carbocycles. The molecule has 1 heterocycles. The van der Waals surface area contributed by atoms with Crippen LogP contribution >= 0.6 is 0 Å². The van der Waals surface area contributed by atoms with Crippen LogP contribution in [0.5, 0.6) is 0 Å². The number of rotatable bonds is 4. The van der Waals surface area contributed by atoms with Crippen molar-refractivity contribution in [3.05, 3.63) is 0 Å². The van der Waals surface area contributed by atoms with Crippen molar-refractivity contribution < 1.29 is 4.74 Å². The van der Waals surface area contributed by atoms with E-state index in [4.69, 9.17) is 4.74 Å². The molecular weight excluding hydrogens is 164 g/mol. The first kappa shape index (κ1) is 11.0. The molecule has 1 saturated heterocycles. The average molecular weight is 186 g/mol. The summed E-state index contributed by atoms with van der Waals surface area (Å²) in [6.45, 7) is 5.52. The molecule has 0 radical (unpaired) electrons. The van der Waals surface area contributed by atoms with Crippen LogP contribution in [0.25, 0.3) is 0 Å². The summed E-state index contributed by atoms with van der Waals surface area (Å²) in [4.78, 5) is 2.39. The largest absolute Gasteiger partial charge is 0.380 e. The maximum absolute atomic E-state index is 5.19. The van der Waals surface area contributed by atoms with Gasteiger partial charge in [0.25, 0.3) is 0 Å². The molecule has 0 aromatic carbocycles. The molecule has 0 aromatic rings. The standard InChI is InChI=1S/C10H22N2O/c1-9(13-3)8-11-10-4-6-12(2)7-5-10/h9-11H,4-8H2,1-3H3. The van der Waals surface area contributed by atoms with Gasteiger partial charge in [-0.2, -0.15) is 0 Å². The third kappa shape index (κ3) is 4.07. The number of nitrogens with one attached hydrogen (secondary N) is 1. The molecule has 0 amide bonds. The zero-order valence-electron chi connectivity index (χ0n) is 9.05. The molecule has 0 aromatic heterocycles. The third-order valence-corrected chi connectivity index (χ3v) is 2.81. The summed E-state index contributed by atoms with van der Waals surface area (Å²) in [7, 11) is 3.95. The van der Waals surface area contributed by atoms with E-state index in [1.54, 1.807) is 7.11 Å². The quantitative estimate of drug-likeness (QED) is 0.699. The van der Waals surface area contributed by atoms with E-state index in [0.29, 0.717) is 12.1 Å². The smallest absolute Gasteiger partial charge is 0.0667 e. The highest BCUT2D eigenvalue weighted by Gasteiger charge is 2.16. The number of hydrogen-bond acceptors (Lipinski definition) is 3. The molecule has 0 aliphatic carbocycles. The first-order valence-corrected chi connectivity index (χ1v) is 5.17. The second-order valence-corrected chi connectivity index (χ2v) is 4.03. The normalized spacial score (nSPS) is 23.3. The molecule has 1 N–H and O–H groups in total. The second kappa shape index (κ2) is 5.58. The molecular formula is C10H22N2O. The predicted molar refractivity (Wildman–Crippen MR) is 55.0 cm³/mol. The number of piperidine rings is 1. The van der Waals surface area contributed by atoms with E-state index in [-0.39, 0.29) is 0 Å². The maximum Gasteiger partial charge on any atom is 0.0667 e. The van der Waals surface area contributed by atoms with Gasteiger partial charge in [-0.15, -0.1) is 0 Å². The second-order valence-electron chi connectivity index (χ2n) is 4.03. The van der Waals surface area contributed by atoms with E-state index in [1.165, 1.54) is 25.9 Å². The Balaban J connectivity index is 2.08. The van der Waals surface area contributed by atoms with Crippen LogP contribution in [-0.2, 0) is 4.74 Å². The van der Waals surface area contributed by atoms with E-state index in [0.717, 1.165) is 6.54 Å². The summed E-state index contributed by atoms with van der Waals surface area (Å²) in [5.41, 5.74) is 0. The Bertz CT molecular complexity index is 133. The van der Waals surface area contributed by atoms with Crippen molar-refractivity contribution in [3.63, 3.8) is 0 Å². The zero-order chi connectivity index (χ0) is 9.68. The summed E-state index contributed by atoms with van der Waals surface area (Å²) in [6, 6.07) is 0.703. The van der Waals surface area contributed by atoms with E-state index in [9.17, 15) is 0 Å². The molecule has 1 rings (SSSR count). The fraction of sp³-hybridized carbons (Fsp3) is 1.00. The first-order chi connectivity index (χ1) is 6.22. The molecule has 1 atom stereocenters. The van der Waals surface area contributed by atoms with Crippen molar-refractivity contribution >= 4 is 0 Å². The third-order valence-electron chi connectivity index (χ3n) is 2.81. The van der Waals surface area contributed by atoms with Gasteiger partial charge in [0.1, 0.15) is 0 Å². The van der Waals surface area contributed by atoms with Crippen LogP contribution in [-0.4, -0.2) is 50.8 Å². The minimum Gasteiger partial charge on any atom is -0.380 e. The summed E-state index contributed by atoms with van der Waals surface area (Å²) in [6.07, 6.45) is 2.87. The van der Waals surface area contributed by atoms with Crippen LogP contribution in [0.15, 0.2) is 0 Å². The topological polar surface area (TPSA) is 24.5 Å². The van der Waals surface area contributed by atoms with Crippen LogP contribution in [0.3, 0.4) is 0 Å². The summed E-state index contributed by atoms with van der Waals surface area (Å²) < 4.78 is 5.19. The predicted octanol–water partition coefficient (Wildman–Crippen LogP) is 0.705. The molecule has 0 bridgehead atoms. The van der Waals surface area contributed by atoms with Gasteiger partial charge in [-0.3, -0.25) is 0 Å². The zero-order valence-corrected chi connectivity index (χ0v) is 9.05. The highest BCUT2D eigenvalue weighted by atomic mass is 16.5. The molecule has 3 heteroatoms. The summed E-state index contributed by atoms with van der Waals surface area (Å²) in [5.74, 6) is 0. The van der Waals surface area contributed by atoms with Crippen LogP contribution in [0.2, 0.25) is 0 Å². The molecule has 13 heavy (non-hydrogen) atoms. The van der Waals surface area contributed by atoms with E-state index in [1.807, 2.05) is 0 Å². The van der Waals surface area contributed by atoms with Crippen molar-refractivity contribution in [1.82, 2.24) is 10.2 Å². The van der Waals surface area contributed by atoms with E-state index < -0.39 is 0 Å². The van der Waals surface area contributed by atoms with Gasteiger partial charge in [-0.1, -0.05) is 0 Å². The number of nitrogens with zero attached hydrogens (tertiary/aromatic N) is 1. The SMILES string of the molecule is COC(C)CNC1CCN(C)CC1. The minimum absolute atomic E-state index is 0.333. The van der Waals surface area contributed by atoms with Gasteiger partial charge in [-0.25, -0.2) is 0 Å². The number of hydrogen-bond donors (Lipinski definition) is 1. The Morgan fingerprint density at radius 2 is 2.08 bits per heavy atom. The Kier molecular flexibility index (Phi) is 4.70. The van der Waals surface area contributed by atoms with Gasteiger partial charge in [-0.05, 0) is 39.9 Å². The highest BCUT2D eigenvalue weighted by molar-refractivity contribution is 4.75. The van der Waals surface area contributed by atoms with Crippen LogP contribution < -0.4 is 5.32 Å².